The zero-order valence-electron chi connectivity index (χ0n) is 11.7. The van der Waals surface area contributed by atoms with Crippen molar-refractivity contribution < 1.29 is 4.74 Å². The molecular weight excluding hydrogens is 238 g/mol. The van der Waals surface area contributed by atoms with Gasteiger partial charge in [0.1, 0.15) is 11.6 Å². The number of benzene rings is 1. The average Bonchev–Trinajstić information content (AvgIpc) is 2.78. The predicted octanol–water partition coefficient (Wildman–Crippen LogP) is 2.67. The average molecular weight is 259 g/mol. The van der Waals surface area contributed by atoms with Gasteiger partial charge in [-0.05, 0) is 44.5 Å². The van der Waals surface area contributed by atoms with E-state index < -0.39 is 0 Å². The Morgan fingerprint density at radius 2 is 2.00 bits per heavy atom. The molecule has 0 spiro atoms. The summed E-state index contributed by atoms with van der Waals surface area (Å²) in [6.07, 6.45) is 1.82. The summed E-state index contributed by atoms with van der Waals surface area (Å²) in [5.74, 6) is 1.86. The van der Waals surface area contributed by atoms with Gasteiger partial charge in [-0.2, -0.15) is 0 Å². The second-order valence-corrected chi connectivity index (χ2v) is 4.90. The van der Waals surface area contributed by atoms with Crippen molar-refractivity contribution in [1.29, 1.82) is 0 Å². The predicted molar refractivity (Wildman–Crippen MR) is 77.3 cm³/mol. The minimum absolute atomic E-state index is 0.204. The van der Waals surface area contributed by atoms with Crippen LogP contribution in [0.3, 0.4) is 0 Å². The molecule has 1 aromatic carbocycles. The van der Waals surface area contributed by atoms with Gasteiger partial charge in [-0.25, -0.2) is 4.98 Å². The molecule has 0 fully saturated rings. The number of nitrogens with two attached hydrogens (primary N) is 1. The molecule has 2 rings (SSSR count). The molecule has 1 unspecified atom stereocenters. The molecule has 1 aromatic heterocycles. The summed E-state index contributed by atoms with van der Waals surface area (Å²) >= 11 is 0. The van der Waals surface area contributed by atoms with Crippen molar-refractivity contribution in [3.63, 3.8) is 0 Å². The Bertz CT molecular complexity index is 529. The first kappa shape index (κ1) is 13.6. The van der Waals surface area contributed by atoms with E-state index in [-0.39, 0.29) is 6.04 Å². The fraction of sp³-hybridized carbons (Fsp3) is 0.400. The van der Waals surface area contributed by atoms with Gasteiger partial charge in [0.2, 0.25) is 0 Å². The van der Waals surface area contributed by atoms with Crippen molar-refractivity contribution in [2.24, 2.45) is 5.73 Å². The molecule has 1 heterocycles. The number of aromatic amines is 1. The smallest absolute Gasteiger partial charge is 0.118 e. The Balaban J connectivity index is 2.19. The number of ether oxygens (including phenoxy) is 1. The summed E-state index contributed by atoms with van der Waals surface area (Å²) in [6.45, 7) is 4.06. The number of methoxy groups -OCH3 is 1. The van der Waals surface area contributed by atoms with Crippen molar-refractivity contribution >= 4 is 0 Å². The lowest BCUT2D eigenvalue weighted by molar-refractivity contribution is 0.415. The number of hydrogen-bond donors (Lipinski definition) is 2. The van der Waals surface area contributed by atoms with Gasteiger partial charge in [-0.3, -0.25) is 0 Å². The van der Waals surface area contributed by atoms with Gasteiger partial charge in [0, 0.05) is 23.7 Å². The third-order valence-electron chi connectivity index (χ3n) is 3.13. The summed E-state index contributed by atoms with van der Waals surface area (Å²) in [5.41, 5.74) is 8.96. The van der Waals surface area contributed by atoms with Crippen LogP contribution in [0.2, 0.25) is 0 Å². The van der Waals surface area contributed by atoms with Crippen molar-refractivity contribution in [2.45, 2.75) is 32.7 Å². The second kappa shape index (κ2) is 5.89. The Morgan fingerprint density at radius 1 is 1.32 bits per heavy atom. The lowest BCUT2D eigenvalue weighted by Gasteiger charge is -2.02. The highest BCUT2D eigenvalue weighted by Gasteiger charge is 2.09. The Kier molecular flexibility index (Phi) is 4.22. The molecule has 102 valence electrons. The van der Waals surface area contributed by atoms with Crippen molar-refractivity contribution in [1.82, 2.24) is 9.97 Å². The maximum absolute atomic E-state index is 5.77. The van der Waals surface area contributed by atoms with Gasteiger partial charge in [0.25, 0.3) is 0 Å². The quantitative estimate of drug-likeness (QED) is 0.867. The molecule has 0 bridgehead atoms. The van der Waals surface area contributed by atoms with Crippen LogP contribution in [0.25, 0.3) is 11.3 Å². The van der Waals surface area contributed by atoms with E-state index in [1.165, 1.54) is 0 Å². The molecule has 0 saturated heterocycles. The molecule has 4 heteroatoms. The molecule has 0 saturated carbocycles. The number of aryl methyl sites for hydroxylation is 2. The van der Waals surface area contributed by atoms with Crippen LogP contribution in [0, 0.1) is 6.92 Å². The molecular formula is C15H21N3O. The number of aromatic nitrogens is 2. The van der Waals surface area contributed by atoms with Gasteiger partial charge in [-0.1, -0.05) is 0 Å². The minimum atomic E-state index is 0.204. The van der Waals surface area contributed by atoms with Gasteiger partial charge in [0.05, 0.1) is 12.8 Å². The molecule has 0 aliphatic rings. The van der Waals surface area contributed by atoms with Crippen molar-refractivity contribution in [2.75, 3.05) is 7.11 Å². The van der Waals surface area contributed by atoms with Gasteiger partial charge in [0.15, 0.2) is 0 Å². The van der Waals surface area contributed by atoms with Crippen molar-refractivity contribution in [3.8, 4) is 17.0 Å². The highest BCUT2D eigenvalue weighted by atomic mass is 16.5. The highest BCUT2D eigenvalue weighted by Crippen LogP contribution is 2.24. The van der Waals surface area contributed by atoms with Crippen LogP contribution in [0.5, 0.6) is 5.75 Å². The van der Waals surface area contributed by atoms with E-state index in [1.807, 2.05) is 38.1 Å². The maximum Gasteiger partial charge on any atom is 0.118 e. The van der Waals surface area contributed by atoms with E-state index in [0.29, 0.717) is 0 Å². The first-order valence-corrected chi connectivity index (χ1v) is 6.55. The number of H-pyrrole nitrogens is 1. The number of nitrogens with zero attached hydrogens (tertiary/aromatic N) is 1. The van der Waals surface area contributed by atoms with Crippen LogP contribution in [0.4, 0.5) is 0 Å². The lowest BCUT2D eigenvalue weighted by atomic mass is 10.1. The van der Waals surface area contributed by atoms with Crippen LogP contribution in [-0.4, -0.2) is 23.1 Å². The molecule has 0 aliphatic carbocycles. The van der Waals surface area contributed by atoms with Crippen LogP contribution in [0.1, 0.15) is 24.9 Å². The lowest BCUT2D eigenvalue weighted by Crippen LogP contribution is -2.15. The van der Waals surface area contributed by atoms with Crippen LogP contribution in [0.15, 0.2) is 24.3 Å². The fourth-order valence-corrected chi connectivity index (χ4v) is 2.04. The summed E-state index contributed by atoms with van der Waals surface area (Å²) in [6, 6.07) is 8.15. The second-order valence-electron chi connectivity index (χ2n) is 4.90. The normalized spacial score (nSPS) is 12.4. The molecule has 0 amide bonds. The zero-order chi connectivity index (χ0) is 13.8. The maximum atomic E-state index is 5.77. The third kappa shape index (κ3) is 3.35. The molecule has 3 N–H and O–H groups in total. The summed E-state index contributed by atoms with van der Waals surface area (Å²) in [7, 11) is 1.67. The van der Waals surface area contributed by atoms with E-state index >= 15 is 0 Å². The van der Waals surface area contributed by atoms with E-state index in [2.05, 4.69) is 9.97 Å². The molecule has 0 aliphatic heterocycles. The number of rotatable bonds is 5. The number of hydrogen-bond acceptors (Lipinski definition) is 3. The topological polar surface area (TPSA) is 63.9 Å². The van der Waals surface area contributed by atoms with Crippen molar-refractivity contribution in [3.05, 3.63) is 35.8 Å². The van der Waals surface area contributed by atoms with E-state index in [4.69, 9.17) is 10.5 Å². The van der Waals surface area contributed by atoms with E-state index in [1.54, 1.807) is 7.11 Å². The van der Waals surface area contributed by atoms with Crippen LogP contribution < -0.4 is 10.5 Å². The molecule has 1 atom stereocenters. The van der Waals surface area contributed by atoms with E-state index in [9.17, 15) is 0 Å². The Morgan fingerprint density at radius 3 is 2.58 bits per heavy atom. The number of imidazole rings is 1. The first-order chi connectivity index (χ1) is 9.10. The SMILES string of the molecule is COc1ccc(-c2nc(CCC(C)N)[nH]c2C)cc1. The van der Waals surface area contributed by atoms with Crippen LogP contribution >= 0.6 is 0 Å². The molecule has 2 aromatic rings. The molecule has 4 nitrogen and oxygen atoms in total. The molecule has 0 radical (unpaired) electrons. The third-order valence-corrected chi connectivity index (χ3v) is 3.13. The van der Waals surface area contributed by atoms with Crippen LogP contribution in [-0.2, 0) is 6.42 Å². The number of nitrogens with one attached hydrogen (secondary N) is 1. The highest BCUT2D eigenvalue weighted by molar-refractivity contribution is 5.62. The monoisotopic (exact) mass is 259 g/mol. The summed E-state index contributed by atoms with van der Waals surface area (Å²) in [5, 5.41) is 0. The van der Waals surface area contributed by atoms with E-state index in [0.717, 1.165) is 41.4 Å². The van der Waals surface area contributed by atoms with Gasteiger partial charge >= 0.3 is 0 Å². The fourth-order valence-electron chi connectivity index (χ4n) is 2.04. The summed E-state index contributed by atoms with van der Waals surface area (Å²) < 4.78 is 5.16. The zero-order valence-corrected chi connectivity index (χ0v) is 11.7. The first-order valence-electron chi connectivity index (χ1n) is 6.55. The standard InChI is InChI=1S/C15H21N3O/c1-10(16)4-9-14-17-11(2)15(18-14)12-5-7-13(19-3)8-6-12/h5-8,10H,4,9,16H2,1-3H3,(H,17,18). The Labute approximate surface area is 114 Å². The molecule has 19 heavy (non-hydrogen) atoms. The minimum Gasteiger partial charge on any atom is -0.497 e. The largest absolute Gasteiger partial charge is 0.497 e. The van der Waals surface area contributed by atoms with Gasteiger partial charge in [-0.15, -0.1) is 0 Å². The Hall–Kier alpha value is -1.81. The van der Waals surface area contributed by atoms with Gasteiger partial charge < -0.3 is 15.5 Å². The summed E-state index contributed by atoms with van der Waals surface area (Å²) in [4.78, 5) is 7.98.